The number of rotatable bonds is 2. The molecule has 4 N–H and O–H groups in total. The third kappa shape index (κ3) is 1.71. The van der Waals surface area contributed by atoms with Crippen molar-refractivity contribution in [1.82, 2.24) is 0 Å². The van der Waals surface area contributed by atoms with E-state index in [1.165, 1.54) is 0 Å². The summed E-state index contributed by atoms with van der Waals surface area (Å²) in [6.07, 6.45) is 2.04. The molecule has 4 aliphatic rings. The molecule has 0 aromatic carbocycles. The second-order valence-corrected chi connectivity index (χ2v) is 9.72. The van der Waals surface area contributed by atoms with Crippen LogP contribution in [0.1, 0.15) is 52.4 Å². The zero-order valence-corrected chi connectivity index (χ0v) is 15.4. The van der Waals surface area contributed by atoms with Gasteiger partial charge in [-0.1, -0.05) is 19.9 Å². The molecular formula is C20H28O6. The lowest BCUT2D eigenvalue weighted by molar-refractivity contribution is -0.167. The zero-order valence-electron chi connectivity index (χ0n) is 15.4. The van der Waals surface area contributed by atoms with Crippen molar-refractivity contribution in [3.05, 3.63) is 12.2 Å². The van der Waals surface area contributed by atoms with Crippen molar-refractivity contribution >= 4 is 11.9 Å². The first-order chi connectivity index (χ1) is 11.9. The van der Waals surface area contributed by atoms with Crippen molar-refractivity contribution < 1.29 is 30.0 Å². The quantitative estimate of drug-likeness (QED) is 0.558. The van der Waals surface area contributed by atoms with Crippen LogP contribution in [0.15, 0.2) is 12.2 Å². The molecule has 8 unspecified atom stereocenters. The second kappa shape index (κ2) is 4.90. The van der Waals surface area contributed by atoms with E-state index in [4.69, 9.17) is 0 Å². The highest BCUT2D eigenvalue weighted by atomic mass is 16.4. The average molecular weight is 364 g/mol. The molecule has 0 amide bonds. The van der Waals surface area contributed by atoms with Gasteiger partial charge < -0.3 is 20.4 Å². The van der Waals surface area contributed by atoms with Gasteiger partial charge in [-0.2, -0.15) is 0 Å². The molecule has 2 bridgehead atoms. The standard InChI is InChI=1S/C20H28O6/c1-10-14(21)20-9-19(10,26)8-5-11(20)17(2)6-4-7-18(3,16(24)25)13(17)12(20)15(22)23/h11-14,21,26H,1,4-9H2,2-3H3,(H,22,23)(H,24,25). The van der Waals surface area contributed by atoms with E-state index in [0.717, 1.165) is 12.8 Å². The number of fused-ring (bicyclic) bond motifs is 3. The fraction of sp³-hybridized carbons (Fsp3) is 0.800. The highest BCUT2D eigenvalue weighted by Gasteiger charge is 2.79. The first-order valence-electron chi connectivity index (χ1n) is 9.51. The fourth-order valence-electron chi connectivity index (χ4n) is 7.89. The number of hydrogen-bond donors (Lipinski definition) is 4. The van der Waals surface area contributed by atoms with E-state index in [-0.39, 0.29) is 12.3 Å². The first kappa shape index (κ1) is 18.0. The second-order valence-electron chi connectivity index (χ2n) is 9.72. The topological polar surface area (TPSA) is 115 Å². The maximum Gasteiger partial charge on any atom is 0.309 e. The molecule has 0 radical (unpaired) electrons. The van der Waals surface area contributed by atoms with Gasteiger partial charge in [0.1, 0.15) is 0 Å². The number of carboxylic acids is 2. The number of carbonyl (C=O) groups is 2. The van der Waals surface area contributed by atoms with Crippen molar-refractivity contribution in [3.8, 4) is 0 Å². The van der Waals surface area contributed by atoms with E-state index >= 15 is 0 Å². The predicted octanol–water partition coefficient (Wildman–Crippen LogP) is 2.05. The third-order valence-electron chi connectivity index (χ3n) is 8.80. The monoisotopic (exact) mass is 364 g/mol. The summed E-state index contributed by atoms with van der Waals surface area (Å²) >= 11 is 0. The molecule has 4 saturated carbocycles. The van der Waals surface area contributed by atoms with Crippen molar-refractivity contribution in [2.24, 2.45) is 34.0 Å². The van der Waals surface area contributed by atoms with Gasteiger partial charge >= 0.3 is 11.9 Å². The molecule has 0 heterocycles. The van der Waals surface area contributed by atoms with Crippen LogP contribution in [0.4, 0.5) is 0 Å². The van der Waals surface area contributed by atoms with Gasteiger partial charge in [-0.15, -0.1) is 0 Å². The summed E-state index contributed by atoms with van der Waals surface area (Å²) < 4.78 is 0. The van der Waals surface area contributed by atoms with Gasteiger partial charge in [-0.3, -0.25) is 9.59 Å². The highest BCUT2D eigenvalue weighted by molar-refractivity contribution is 5.79. The minimum atomic E-state index is -1.24. The summed E-state index contributed by atoms with van der Waals surface area (Å²) in [5.41, 5.74) is -3.60. The van der Waals surface area contributed by atoms with Crippen LogP contribution in [0.3, 0.4) is 0 Å². The average Bonchev–Trinajstić information content (AvgIpc) is 2.87. The molecule has 6 nitrogen and oxygen atoms in total. The summed E-state index contributed by atoms with van der Waals surface area (Å²) in [6.45, 7) is 7.59. The number of aliphatic hydroxyl groups is 2. The van der Waals surface area contributed by atoms with E-state index in [1.807, 2.05) is 6.92 Å². The van der Waals surface area contributed by atoms with Crippen LogP contribution >= 0.6 is 0 Å². The predicted molar refractivity (Wildman–Crippen MR) is 92.2 cm³/mol. The molecule has 0 aromatic rings. The largest absolute Gasteiger partial charge is 0.481 e. The van der Waals surface area contributed by atoms with E-state index in [1.54, 1.807) is 6.92 Å². The lowest BCUT2D eigenvalue weighted by Crippen LogP contribution is -2.51. The van der Waals surface area contributed by atoms with E-state index in [0.29, 0.717) is 24.8 Å². The Labute approximate surface area is 152 Å². The van der Waals surface area contributed by atoms with Crippen LogP contribution < -0.4 is 0 Å². The molecule has 0 saturated heterocycles. The molecule has 4 aliphatic carbocycles. The van der Waals surface area contributed by atoms with Crippen molar-refractivity contribution in [3.63, 3.8) is 0 Å². The van der Waals surface area contributed by atoms with Crippen molar-refractivity contribution in [2.45, 2.75) is 64.1 Å². The molecule has 0 aromatic heterocycles. The molecule has 0 aliphatic heterocycles. The Morgan fingerprint density at radius 2 is 1.81 bits per heavy atom. The highest BCUT2D eigenvalue weighted by Crippen LogP contribution is 2.78. The lowest BCUT2D eigenvalue weighted by atomic mass is 9.53. The van der Waals surface area contributed by atoms with Crippen LogP contribution in [-0.4, -0.2) is 44.1 Å². The number of carboxylic acid groups (broad SMARTS) is 2. The summed E-state index contributed by atoms with van der Waals surface area (Å²) in [6, 6.07) is 0. The van der Waals surface area contributed by atoms with Crippen LogP contribution in [0.2, 0.25) is 0 Å². The smallest absolute Gasteiger partial charge is 0.309 e. The Kier molecular flexibility index (Phi) is 3.39. The van der Waals surface area contributed by atoms with Crippen LogP contribution in [0.25, 0.3) is 0 Å². The Balaban J connectivity index is 1.98. The van der Waals surface area contributed by atoms with Crippen molar-refractivity contribution in [1.29, 1.82) is 0 Å². The molecule has 8 atom stereocenters. The lowest BCUT2D eigenvalue weighted by Gasteiger charge is -2.50. The van der Waals surface area contributed by atoms with E-state index < -0.39 is 51.7 Å². The van der Waals surface area contributed by atoms with Gasteiger partial charge in [-0.25, -0.2) is 0 Å². The summed E-state index contributed by atoms with van der Waals surface area (Å²) in [5, 5.41) is 42.3. The zero-order chi connectivity index (χ0) is 19.3. The Morgan fingerprint density at radius 1 is 1.15 bits per heavy atom. The maximum atomic E-state index is 12.5. The first-order valence-corrected chi connectivity index (χ1v) is 9.51. The minimum absolute atomic E-state index is 0.130. The van der Waals surface area contributed by atoms with Crippen LogP contribution in [-0.2, 0) is 9.59 Å². The fourth-order valence-corrected chi connectivity index (χ4v) is 7.89. The molecule has 1 spiro atoms. The van der Waals surface area contributed by atoms with Crippen LogP contribution in [0, 0.1) is 34.0 Å². The van der Waals surface area contributed by atoms with Gasteiger partial charge in [0.05, 0.1) is 23.0 Å². The van der Waals surface area contributed by atoms with Gasteiger partial charge in [0.25, 0.3) is 0 Å². The number of aliphatic hydroxyl groups excluding tert-OH is 1. The number of aliphatic carboxylic acids is 2. The minimum Gasteiger partial charge on any atom is -0.481 e. The van der Waals surface area contributed by atoms with Crippen molar-refractivity contribution in [2.75, 3.05) is 0 Å². The van der Waals surface area contributed by atoms with Gasteiger partial charge in [0.15, 0.2) is 0 Å². The molecule has 4 fully saturated rings. The van der Waals surface area contributed by atoms with Crippen LogP contribution in [0.5, 0.6) is 0 Å². The SMILES string of the molecule is C=C1C(O)C23CC1(O)CCC2C1(C)CCCC(C)(C(=O)O)C1C3C(=O)O. The third-order valence-corrected chi connectivity index (χ3v) is 8.80. The molecule has 144 valence electrons. The van der Waals surface area contributed by atoms with E-state index in [9.17, 15) is 30.0 Å². The molecule has 6 heteroatoms. The van der Waals surface area contributed by atoms with E-state index in [2.05, 4.69) is 6.58 Å². The molecular weight excluding hydrogens is 336 g/mol. The van der Waals surface area contributed by atoms with Gasteiger partial charge in [0, 0.05) is 5.41 Å². The molecule has 4 rings (SSSR count). The maximum absolute atomic E-state index is 12.5. The summed E-state index contributed by atoms with van der Waals surface area (Å²) in [7, 11) is 0. The van der Waals surface area contributed by atoms with Gasteiger partial charge in [-0.05, 0) is 61.9 Å². The Morgan fingerprint density at radius 3 is 2.38 bits per heavy atom. The van der Waals surface area contributed by atoms with Gasteiger partial charge in [0.2, 0.25) is 0 Å². The Bertz CT molecular complexity index is 717. The molecule has 26 heavy (non-hydrogen) atoms. The summed E-state index contributed by atoms with van der Waals surface area (Å²) in [4.78, 5) is 24.7. The summed E-state index contributed by atoms with van der Waals surface area (Å²) in [5.74, 6) is -3.73. The Hall–Kier alpha value is -1.40. The normalized spacial score (nSPS) is 55.3. The number of hydrogen-bond acceptors (Lipinski definition) is 4.